The number of ether oxygens (including phenoxy) is 2. The van der Waals surface area contributed by atoms with Gasteiger partial charge in [-0.3, -0.25) is 0 Å². The second-order valence-electron chi connectivity index (χ2n) is 5.36. The van der Waals surface area contributed by atoms with Crippen molar-refractivity contribution in [1.29, 1.82) is 0 Å². The van der Waals surface area contributed by atoms with Gasteiger partial charge in [0.1, 0.15) is 0 Å². The molecule has 1 aromatic carbocycles. The first-order valence-corrected chi connectivity index (χ1v) is 9.17. The zero-order valence-corrected chi connectivity index (χ0v) is 15.0. The van der Waals surface area contributed by atoms with Crippen LogP contribution in [-0.4, -0.2) is 44.3 Å². The van der Waals surface area contributed by atoms with Crippen LogP contribution in [0.3, 0.4) is 0 Å². The van der Waals surface area contributed by atoms with E-state index in [-0.39, 0.29) is 0 Å². The summed E-state index contributed by atoms with van der Waals surface area (Å²) in [5.74, 6) is 3.62. The lowest BCUT2D eigenvalue weighted by molar-refractivity contribution is 0.352. The molecule has 1 heterocycles. The molecule has 0 aliphatic carbocycles. The maximum Gasteiger partial charge on any atom is 0.191 e. The molecule has 1 aromatic rings. The Hall–Kier alpha value is -1.56. The second kappa shape index (κ2) is 9.55. The van der Waals surface area contributed by atoms with E-state index >= 15 is 0 Å². The second-order valence-corrected chi connectivity index (χ2v) is 6.77. The molecular weight excluding hydrogens is 310 g/mol. The normalized spacial score (nSPS) is 17.9. The lowest BCUT2D eigenvalue weighted by atomic mass is 10.2. The first-order valence-electron chi connectivity index (χ1n) is 8.12. The highest BCUT2D eigenvalue weighted by molar-refractivity contribution is 8.00. The highest BCUT2D eigenvalue weighted by Crippen LogP contribution is 2.31. The molecule has 1 aliphatic rings. The maximum atomic E-state index is 5.46. The number of nitrogens with zero attached hydrogens (tertiary/aromatic N) is 1. The van der Waals surface area contributed by atoms with Crippen molar-refractivity contribution in [2.24, 2.45) is 4.99 Å². The summed E-state index contributed by atoms with van der Waals surface area (Å²) in [6.07, 6.45) is 2.62. The van der Waals surface area contributed by atoms with Crippen LogP contribution < -0.4 is 20.1 Å². The molecule has 6 heteroatoms. The number of hydrogen-bond acceptors (Lipinski definition) is 4. The minimum Gasteiger partial charge on any atom is -0.493 e. The molecule has 0 bridgehead atoms. The molecule has 23 heavy (non-hydrogen) atoms. The Morgan fingerprint density at radius 1 is 1.30 bits per heavy atom. The SMILES string of the molecule is CCNC(=NCc1cccc(OC)c1OC)NCC1CCCS1. The molecule has 1 saturated heterocycles. The molecule has 0 aromatic heterocycles. The standard InChI is InChI=1S/C17H27N3O2S/c1-4-18-17(20-12-14-8-6-10-23-14)19-11-13-7-5-9-15(21-2)16(13)22-3/h5,7,9,14H,4,6,8,10-12H2,1-3H3,(H2,18,19,20). The summed E-state index contributed by atoms with van der Waals surface area (Å²) >= 11 is 2.05. The Kier molecular flexibility index (Phi) is 7.39. The van der Waals surface area contributed by atoms with Crippen molar-refractivity contribution < 1.29 is 9.47 Å². The van der Waals surface area contributed by atoms with Crippen LogP contribution in [0, 0.1) is 0 Å². The predicted molar refractivity (Wildman–Crippen MR) is 97.8 cm³/mol. The van der Waals surface area contributed by atoms with Gasteiger partial charge in [0.25, 0.3) is 0 Å². The number of thioether (sulfide) groups is 1. The Bertz CT molecular complexity index is 517. The molecular formula is C17H27N3O2S. The first-order chi connectivity index (χ1) is 11.3. The number of aliphatic imine (C=N–C) groups is 1. The number of guanidine groups is 1. The quantitative estimate of drug-likeness (QED) is 0.592. The largest absolute Gasteiger partial charge is 0.493 e. The Labute approximate surface area is 143 Å². The highest BCUT2D eigenvalue weighted by Gasteiger charge is 2.15. The monoisotopic (exact) mass is 337 g/mol. The van der Waals surface area contributed by atoms with Gasteiger partial charge in [-0.05, 0) is 31.6 Å². The minimum absolute atomic E-state index is 0.549. The average molecular weight is 337 g/mol. The topological polar surface area (TPSA) is 54.9 Å². The van der Waals surface area contributed by atoms with Gasteiger partial charge in [-0.1, -0.05) is 12.1 Å². The highest BCUT2D eigenvalue weighted by atomic mass is 32.2. The van der Waals surface area contributed by atoms with Gasteiger partial charge in [-0.2, -0.15) is 11.8 Å². The van der Waals surface area contributed by atoms with Crippen molar-refractivity contribution in [2.75, 3.05) is 33.1 Å². The molecule has 2 N–H and O–H groups in total. The lowest BCUT2D eigenvalue weighted by Crippen LogP contribution is -2.40. The zero-order chi connectivity index (χ0) is 16.5. The van der Waals surface area contributed by atoms with Gasteiger partial charge in [0.15, 0.2) is 17.5 Å². The van der Waals surface area contributed by atoms with Crippen molar-refractivity contribution in [3.05, 3.63) is 23.8 Å². The van der Waals surface area contributed by atoms with E-state index in [4.69, 9.17) is 9.47 Å². The molecule has 1 atom stereocenters. The molecule has 0 spiro atoms. The number of methoxy groups -OCH3 is 2. The van der Waals surface area contributed by atoms with Crippen molar-refractivity contribution >= 4 is 17.7 Å². The fourth-order valence-corrected chi connectivity index (χ4v) is 3.80. The number of rotatable bonds is 7. The average Bonchev–Trinajstić information content (AvgIpc) is 3.10. The maximum absolute atomic E-state index is 5.46. The van der Waals surface area contributed by atoms with Crippen molar-refractivity contribution in [2.45, 2.75) is 31.6 Å². The van der Waals surface area contributed by atoms with E-state index in [1.807, 2.05) is 30.0 Å². The summed E-state index contributed by atoms with van der Waals surface area (Å²) in [6, 6.07) is 5.87. The summed E-state index contributed by atoms with van der Waals surface area (Å²) < 4.78 is 10.8. The Morgan fingerprint density at radius 2 is 2.17 bits per heavy atom. The van der Waals surface area contributed by atoms with Gasteiger partial charge >= 0.3 is 0 Å². The van der Waals surface area contributed by atoms with Crippen molar-refractivity contribution in [1.82, 2.24) is 10.6 Å². The molecule has 1 unspecified atom stereocenters. The summed E-state index contributed by atoms with van der Waals surface area (Å²) in [4.78, 5) is 4.68. The van der Waals surface area contributed by atoms with Crippen LogP contribution in [0.2, 0.25) is 0 Å². The Balaban J connectivity index is 2.01. The van der Waals surface area contributed by atoms with Crippen LogP contribution >= 0.6 is 11.8 Å². The third-order valence-electron chi connectivity index (χ3n) is 3.76. The van der Waals surface area contributed by atoms with Crippen molar-refractivity contribution in [3.63, 3.8) is 0 Å². The van der Waals surface area contributed by atoms with E-state index in [1.165, 1.54) is 18.6 Å². The van der Waals surface area contributed by atoms with E-state index in [2.05, 4.69) is 22.5 Å². The van der Waals surface area contributed by atoms with E-state index in [9.17, 15) is 0 Å². The predicted octanol–water partition coefficient (Wildman–Crippen LogP) is 2.65. The van der Waals surface area contributed by atoms with Crippen LogP contribution in [0.25, 0.3) is 0 Å². The van der Waals surface area contributed by atoms with E-state index in [0.717, 1.165) is 36.1 Å². The third kappa shape index (κ3) is 5.23. The van der Waals surface area contributed by atoms with Gasteiger partial charge < -0.3 is 20.1 Å². The van der Waals surface area contributed by atoms with Gasteiger partial charge in [-0.15, -0.1) is 0 Å². The van der Waals surface area contributed by atoms with Gasteiger partial charge in [0.2, 0.25) is 0 Å². The molecule has 2 rings (SSSR count). The van der Waals surface area contributed by atoms with Gasteiger partial charge in [0, 0.05) is 23.9 Å². The molecule has 1 fully saturated rings. The smallest absolute Gasteiger partial charge is 0.191 e. The third-order valence-corrected chi connectivity index (χ3v) is 5.16. The van der Waals surface area contributed by atoms with Crippen LogP contribution in [0.15, 0.2) is 23.2 Å². The van der Waals surface area contributed by atoms with E-state index in [1.54, 1.807) is 14.2 Å². The molecule has 128 valence electrons. The summed E-state index contributed by atoms with van der Waals surface area (Å²) in [7, 11) is 3.31. The van der Waals surface area contributed by atoms with Crippen LogP contribution in [0.1, 0.15) is 25.3 Å². The van der Waals surface area contributed by atoms with Crippen LogP contribution in [0.5, 0.6) is 11.5 Å². The first kappa shape index (κ1) is 17.8. The van der Waals surface area contributed by atoms with Gasteiger partial charge in [0.05, 0.1) is 20.8 Å². The number of para-hydroxylation sites is 1. The summed E-state index contributed by atoms with van der Waals surface area (Å²) in [5, 5.41) is 7.44. The zero-order valence-electron chi connectivity index (χ0n) is 14.2. The summed E-state index contributed by atoms with van der Waals surface area (Å²) in [5.41, 5.74) is 1.01. The van der Waals surface area contributed by atoms with Crippen LogP contribution in [0.4, 0.5) is 0 Å². The van der Waals surface area contributed by atoms with Gasteiger partial charge in [-0.25, -0.2) is 4.99 Å². The molecule has 0 saturated carbocycles. The summed E-state index contributed by atoms with van der Waals surface area (Å²) in [6.45, 7) is 4.44. The molecule has 0 radical (unpaired) electrons. The molecule has 0 amide bonds. The minimum atomic E-state index is 0.549. The fourth-order valence-electron chi connectivity index (χ4n) is 2.60. The number of benzene rings is 1. The van der Waals surface area contributed by atoms with Crippen molar-refractivity contribution in [3.8, 4) is 11.5 Å². The van der Waals surface area contributed by atoms with Crippen LogP contribution in [-0.2, 0) is 6.54 Å². The number of nitrogens with one attached hydrogen (secondary N) is 2. The lowest BCUT2D eigenvalue weighted by Gasteiger charge is -2.15. The molecule has 5 nitrogen and oxygen atoms in total. The fraction of sp³-hybridized carbons (Fsp3) is 0.588. The Morgan fingerprint density at radius 3 is 2.83 bits per heavy atom. The number of hydrogen-bond donors (Lipinski definition) is 2. The van der Waals surface area contributed by atoms with E-state index < -0.39 is 0 Å². The molecule has 1 aliphatic heterocycles. The van der Waals surface area contributed by atoms with E-state index in [0.29, 0.717) is 11.8 Å².